The van der Waals surface area contributed by atoms with Gasteiger partial charge in [-0.15, -0.1) is 0 Å². The van der Waals surface area contributed by atoms with Crippen LogP contribution in [-0.2, 0) is 30.5 Å². The van der Waals surface area contributed by atoms with Gasteiger partial charge in [0.2, 0.25) is 11.8 Å². The zero-order valence-electron chi connectivity index (χ0n) is 19.4. The normalized spacial score (nSPS) is 11.3. The van der Waals surface area contributed by atoms with Crippen molar-refractivity contribution < 1.29 is 33.8 Å². The zero-order valence-corrected chi connectivity index (χ0v) is 19.4. The molecule has 0 heterocycles. The van der Waals surface area contributed by atoms with E-state index < -0.39 is 35.8 Å². The molecule has 4 amide bonds. The van der Waals surface area contributed by atoms with Gasteiger partial charge in [0.25, 0.3) is 0 Å². The highest BCUT2D eigenvalue weighted by Crippen LogP contribution is 2.07. The van der Waals surface area contributed by atoms with Crippen molar-refractivity contribution in [3.8, 4) is 0 Å². The molecule has 0 aromatic heterocycles. The van der Waals surface area contributed by atoms with Crippen LogP contribution in [0.1, 0.15) is 25.8 Å². The van der Waals surface area contributed by atoms with Crippen LogP contribution in [0, 0.1) is 5.92 Å². The summed E-state index contributed by atoms with van der Waals surface area (Å²) in [5.74, 6) is -2.80. The Labute approximate surface area is 198 Å². The van der Waals surface area contributed by atoms with E-state index in [1.165, 1.54) is 0 Å². The third-order valence-corrected chi connectivity index (χ3v) is 4.42. The summed E-state index contributed by atoms with van der Waals surface area (Å²) in [5.41, 5.74) is 0.818. The van der Waals surface area contributed by atoms with Crippen molar-refractivity contribution >= 4 is 29.8 Å². The summed E-state index contributed by atoms with van der Waals surface area (Å²) < 4.78 is 5.27. The Bertz CT molecular complexity index is 817. The van der Waals surface area contributed by atoms with E-state index in [0.717, 1.165) is 5.56 Å². The second-order valence-electron chi connectivity index (χ2n) is 7.69. The van der Waals surface area contributed by atoms with E-state index in [1.807, 2.05) is 30.3 Å². The van der Waals surface area contributed by atoms with Crippen molar-refractivity contribution in [2.24, 2.45) is 5.92 Å². The average molecular weight is 480 g/mol. The van der Waals surface area contributed by atoms with Gasteiger partial charge < -0.3 is 36.4 Å². The summed E-state index contributed by atoms with van der Waals surface area (Å²) >= 11 is 0. The predicted molar refractivity (Wildman–Crippen MR) is 123 cm³/mol. The molecule has 0 fully saturated rings. The number of carboxylic acid groups (broad SMARTS) is 1. The predicted octanol–water partition coefficient (Wildman–Crippen LogP) is -0.650. The SMILES string of the molecule is CC(C)C(NC(=O)NCC(=O)NCC(=O)NCCCNCC(=O)O)C(=O)OCc1ccccc1. The Morgan fingerprint density at radius 1 is 0.882 bits per heavy atom. The number of nitrogens with one attached hydrogen (secondary N) is 5. The number of amides is 4. The molecule has 1 unspecified atom stereocenters. The zero-order chi connectivity index (χ0) is 25.3. The lowest BCUT2D eigenvalue weighted by molar-refractivity contribution is -0.148. The number of esters is 1. The highest BCUT2D eigenvalue weighted by Gasteiger charge is 2.26. The minimum Gasteiger partial charge on any atom is -0.480 e. The number of carboxylic acids is 1. The first-order valence-corrected chi connectivity index (χ1v) is 10.9. The van der Waals surface area contributed by atoms with Crippen LogP contribution in [0.5, 0.6) is 0 Å². The molecule has 0 spiro atoms. The highest BCUT2D eigenvalue weighted by atomic mass is 16.5. The fourth-order valence-electron chi connectivity index (χ4n) is 2.61. The molecule has 1 aromatic carbocycles. The van der Waals surface area contributed by atoms with E-state index >= 15 is 0 Å². The summed E-state index contributed by atoms with van der Waals surface area (Å²) in [4.78, 5) is 58.4. The number of rotatable bonds is 15. The molecule has 6 N–H and O–H groups in total. The van der Waals surface area contributed by atoms with Crippen LogP contribution >= 0.6 is 0 Å². The molecule has 0 aliphatic carbocycles. The highest BCUT2D eigenvalue weighted by molar-refractivity contribution is 5.89. The maximum absolute atomic E-state index is 12.4. The largest absolute Gasteiger partial charge is 0.480 e. The van der Waals surface area contributed by atoms with Gasteiger partial charge >= 0.3 is 18.0 Å². The molecule has 0 saturated carbocycles. The van der Waals surface area contributed by atoms with Gasteiger partial charge in [-0.1, -0.05) is 44.2 Å². The molecule has 34 heavy (non-hydrogen) atoms. The second kappa shape index (κ2) is 16.0. The van der Waals surface area contributed by atoms with Crippen molar-refractivity contribution in [1.82, 2.24) is 26.6 Å². The van der Waals surface area contributed by atoms with E-state index in [1.54, 1.807) is 13.8 Å². The van der Waals surface area contributed by atoms with Crippen molar-refractivity contribution in [2.75, 3.05) is 32.7 Å². The number of aliphatic carboxylic acids is 1. The van der Waals surface area contributed by atoms with Crippen molar-refractivity contribution in [1.29, 1.82) is 0 Å². The maximum atomic E-state index is 12.4. The molecule has 1 atom stereocenters. The van der Waals surface area contributed by atoms with Gasteiger partial charge in [0.05, 0.1) is 19.6 Å². The quantitative estimate of drug-likeness (QED) is 0.142. The van der Waals surface area contributed by atoms with E-state index in [-0.39, 0.29) is 32.2 Å². The summed E-state index contributed by atoms with van der Waals surface area (Å²) in [6, 6.07) is 7.51. The molecule has 0 aliphatic heterocycles. The lowest BCUT2D eigenvalue weighted by atomic mass is 10.1. The number of carbonyl (C=O) groups excluding carboxylic acids is 4. The number of carbonyl (C=O) groups is 5. The first-order chi connectivity index (χ1) is 16.2. The number of hydrogen-bond acceptors (Lipinski definition) is 7. The smallest absolute Gasteiger partial charge is 0.329 e. The first-order valence-electron chi connectivity index (χ1n) is 10.9. The van der Waals surface area contributed by atoms with Crippen molar-refractivity contribution in [2.45, 2.75) is 32.9 Å². The van der Waals surface area contributed by atoms with Crippen LogP contribution in [0.3, 0.4) is 0 Å². The summed E-state index contributed by atoms with van der Waals surface area (Å²) in [6.45, 7) is 3.51. The fourth-order valence-corrected chi connectivity index (χ4v) is 2.61. The van der Waals surface area contributed by atoms with Crippen molar-refractivity contribution in [3.05, 3.63) is 35.9 Å². The van der Waals surface area contributed by atoms with Gasteiger partial charge in [0.15, 0.2) is 0 Å². The Hall–Kier alpha value is -3.67. The Morgan fingerprint density at radius 3 is 2.18 bits per heavy atom. The monoisotopic (exact) mass is 479 g/mol. The van der Waals surface area contributed by atoms with E-state index in [4.69, 9.17) is 9.84 Å². The molecule has 188 valence electrons. The molecule has 12 heteroatoms. The average Bonchev–Trinajstić information content (AvgIpc) is 2.80. The van der Waals surface area contributed by atoms with Crippen LogP contribution in [0.4, 0.5) is 4.79 Å². The molecule has 1 aromatic rings. The number of benzene rings is 1. The molecule has 1 rings (SSSR count). The van der Waals surface area contributed by atoms with Gasteiger partial charge in [-0.05, 0) is 24.4 Å². The molecular formula is C22H33N5O7. The van der Waals surface area contributed by atoms with Crippen LogP contribution in [0.2, 0.25) is 0 Å². The maximum Gasteiger partial charge on any atom is 0.329 e. The third kappa shape index (κ3) is 13.0. The Morgan fingerprint density at radius 2 is 1.53 bits per heavy atom. The lowest BCUT2D eigenvalue weighted by Gasteiger charge is -2.21. The van der Waals surface area contributed by atoms with Crippen LogP contribution in [0.15, 0.2) is 30.3 Å². The molecule has 0 radical (unpaired) electrons. The van der Waals surface area contributed by atoms with E-state index in [2.05, 4.69) is 26.6 Å². The van der Waals surface area contributed by atoms with Crippen LogP contribution < -0.4 is 26.6 Å². The summed E-state index contributed by atoms with van der Waals surface area (Å²) in [6.07, 6.45) is 0.527. The standard InChI is InChI=1S/C22H33N5O7/c1-15(2)20(21(32)34-14-16-7-4-3-5-8-16)27-22(33)26-12-18(29)25-11-17(28)24-10-6-9-23-13-19(30)31/h3-5,7-8,15,20,23H,6,9-14H2,1-2H3,(H,24,28)(H,25,29)(H,30,31)(H2,26,27,33). The van der Waals surface area contributed by atoms with Gasteiger partial charge in [0.1, 0.15) is 12.6 Å². The molecular weight excluding hydrogens is 446 g/mol. The minimum absolute atomic E-state index is 0.0789. The first kappa shape index (κ1) is 28.4. The third-order valence-electron chi connectivity index (χ3n) is 4.42. The Balaban J connectivity index is 2.25. The van der Waals surface area contributed by atoms with Gasteiger partial charge in [0, 0.05) is 6.54 Å². The topological polar surface area (TPSA) is 175 Å². The van der Waals surface area contributed by atoms with Gasteiger partial charge in [-0.25, -0.2) is 9.59 Å². The summed E-state index contributed by atoms with van der Waals surface area (Å²) in [5, 5.41) is 20.9. The minimum atomic E-state index is -0.961. The second-order valence-corrected chi connectivity index (χ2v) is 7.69. The molecule has 0 bridgehead atoms. The van der Waals surface area contributed by atoms with Gasteiger partial charge in [-0.3, -0.25) is 14.4 Å². The fraction of sp³-hybridized carbons (Fsp3) is 0.500. The molecule has 0 saturated heterocycles. The van der Waals surface area contributed by atoms with Gasteiger partial charge in [-0.2, -0.15) is 0 Å². The number of urea groups is 1. The van der Waals surface area contributed by atoms with Crippen molar-refractivity contribution in [3.63, 3.8) is 0 Å². The van der Waals surface area contributed by atoms with Crippen LogP contribution in [-0.4, -0.2) is 73.7 Å². The number of ether oxygens (including phenoxy) is 1. The van der Waals surface area contributed by atoms with E-state index in [0.29, 0.717) is 19.5 Å². The van der Waals surface area contributed by atoms with Crippen LogP contribution in [0.25, 0.3) is 0 Å². The Kier molecular flexibility index (Phi) is 13.4. The molecule has 12 nitrogen and oxygen atoms in total. The van der Waals surface area contributed by atoms with E-state index in [9.17, 15) is 24.0 Å². The summed E-state index contributed by atoms with van der Waals surface area (Å²) in [7, 11) is 0. The lowest BCUT2D eigenvalue weighted by Crippen LogP contribution is -2.51. The number of hydrogen-bond donors (Lipinski definition) is 6. The molecule has 0 aliphatic rings.